The molecule has 0 aliphatic carbocycles. The largest absolute Gasteiger partial charge is 0.463 e. The van der Waals surface area contributed by atoms with Gasteiger partial charge in [0.1, 0.15) is 12.7 Å². The van der Waals surface area contributed by atoms with Gasteiger partial charge in [-0.05, 0) is 6.42 Å². The molecule has 2 N–H and O–H groups in total. The molecule has 1 unspecified atom stereocenters. The average Bonchev–Trinajstić information content (AvgIpc) is 2.89. The van der Waals surface area contributed by atoms with Gasteiger partial charge in [-0.1, -0.05) is 90.4 Å². The second kappa shape index (κ2) is 30.5. The van der Waals surface area contributed by atoms with E-state index in [2.05, 4.69) is 6.92 Å². The van der Waals surface area contributed by atoms with Crippen molar-refractivity contribution in [3.63, 3.8) is 0 Å². The van der Waals surface area contributed by atoms with E-state index in [0.29, 0.717) is 39.6 Å². The predicted octanol–water partition coefficient (Wildman–Crippen LogP) is 4.82. The minimum absolute atomic E-state index is 0.0978. The van der Waals surface area contributed by atoms with Gasteiger partial charge in [-0.2, -0.15) is 0 Å². The van der Waals surface area contributed by atoms with Crippen molar-refractivity contribution in [2.75, 3.05) is 66.1 Å². The minimum Gasteiger partial charge on any atom is -0.463 e. The quantitative estimate of drug-likeness (QED) is 0.103. The first-order valence-corrected chi connectivity index (χ1v) is 14.5. The van der Waals surface area contributed by atoms with Crippen LogP contribution in [0, 0.1) is 0 Å². The molecule has 0 aliphatic heterocycles. The Labute approximate surface area is 220 Å². The van der Waals surface area contributed by atoms with E-state index in [1.54, 1.807) is 0 Å². The van der Waals surface area contributed by atoms with Gasteiger partial charge in [-0.3, -0.25) is 4.79 Å². The van der Waals surface area contributed by atoms with Gasteiger partial charge in [-0.15, -0.1) is 0 Å². The summed E-state index contributed by atoms with van der Waals surface area (Å²) in [6.07, 6.45) is 18.2. The Bertz CT molecular complexity index is 436. The number of esters is 1. The zero-order valence-electron chi connectivity index (χ0n) is 23.1. The number of aliphatic hydroxyl groups is 2. The van der Waals surface area contributed by atoms with Crippen LogP contribution in [0.15, 0.2) is 0 Å². The van der Waals surface area contributed by atoms with E-state index >= 15 is 0 Å². The molecule has 0 heterocycles. The van der Waals surface area contributed by atoms with Crippen LogP contribution in [0.5, 0.6) is 0 Å². The lowest BCUT2D eigenvalue weighted by molar-refractivity contribution is -0.148. The number of hydrogen-bond acceptors (Lipinski definition) is 8. The Morgan fingerprint density at radius 2 is 0.972 bits per heavy atom. The molecule has 0 aliphatic rings. The highest BCUT2D eigenvalue weighted by Crippen LogP contribution is 2.12. The lowest BCUT2D eigenvalue weighted by Crippen LogP contribution is -2.22. The maximum absolute atomic E-state index is 11.3. The van der Waals surface area contributed by atoms with Crippen molar-refractivity contribution >= 4 is 5.97 Å². The molecule has 0 radical (unpaired) electrons. The molecule has 0 rings (SSSR count). The van der Waals surface area contributed by atoms with Gasteiger partial charge >= 0.3 is 5.97 Å². The highest BCUT2D eigenvalue weighted by Gasteiger charge is 2.07. The summed E-state index contributed by atoms with van der Waals surface area (Å²) in [5.41, 5.74) is 0. The van der Waals surface area contributed by atoms with Gasteiger partial charge < -0.3 is 33.9 Å². The number of carbonyl (C=O) groups excluding carboxylic acids is 1. The van der Waals surface area contributed by atoms with Crippen LogP contribution in [0.4, 0.5) is 0 Å². The SMILES string of the molecule is CCCCCCCCCCCCCCCCOCCOCCOCCOCCC(=O)OCC(O)CO. The van der Waals surface area contributed by atoms with Crippen molar-refractivity contribution in [3.05, 3.63) is 0 Å². The van der Waals surface area contributed by atoms with Crippen LogP contribution in [0.1, 0.15) is 103 Å². The third-order valence-electron chi connectivity index (χ3n) is 5.86. The fourth-order valence-electron chi connectivity index (χ4n) is 3.63. The van der Waals surface area contributed by atoms with E-state index in [0.717, 1.165) is 13.0 Å². The van der Waals surface area contributed by atoms with Crippen molar-refractivity contribution in [2.24, 2.45) is 0 Å². The van der Waals surface area contributed by atoms with Gasteiger partial charge in [0.25, 0.3) is 0 Å². The van der Waals surface area contributed by atoms with E-state index in [-0.39, 0.29) is 19.6 Å². The molecular formula is C28H56O8. The third-order valence-corrected chi connectivity index (χ3v) is 5.86. The number of carbonyl (C=O) groups is 1. The summed E-state index contributed by atoms with van der Waals surface area (Å²) in [5, 5.41) is 17.7. The maximum Gasteiger partial charge on any atom is 0.308 e. The molecule has 0 aromatic rings. The number of unbranched alkanes of at least 4 members (excludes halogenated alkanes) is 13. The van der Waals surface area contributed by atoms with Crippen LogP contribution in [0.25, 0.3) is 0 Å². The van der Waals surface area contributed by atoms with Crippen molar-refractivity contribution in [2.45, 2.75) is 109 Å². The lowest BCUT2D eigenvalue weighted by atomic mass is 10.0. The van der Waals surface area contributed by atoms with Crippen molar-refractivity contribution < 1.29 is 38.7 Å². The average molecular weight is 521 g/mol. The summed E-state index contributed by atoms with van der Waals surface area (Å²) in [7, 11) is 0. The number of ether oxygens (including phenoxy) is 5. The molecule has 216 valence electrons. The van der Waals surface area contributed by atoms with Crippen molar-refractivity contribution in [3.8, 4) is 0 Å². The van der Waals surface area contributed by atoms with Crippen LogP contribution >= 0.6 is 0 Å². The molecule has 0 fully saturated rings. The lowest BCUT2D eigenvalue weighted by Gasteiger charge is -2.09. The molecule has 1 atom stereocenters. The number of rotatable bonds is 30. The van der Waals surface area contributed by atoms with E-state index in [1.807, 2.05) is 0 Å². The van der Waals surface area contributed by atoms with Gasteiger partial charge in [0.2, 0.25) is 0 Å². The first-order valence-electron chi connectivity index (χ1n) is 14.5. The summed E-state index contributed by atoms with van der Waals surface area (Å²) in [6, 6.07) is 0. The summed E-state index contributed by atoms with van der Waals surface area (Å²) >= 11 is 0. The minimum atomic E-state index is -1.04. The molecule has 0 saturated carbocycles. The van der Waals surface area contributed by atoms with E-state index < -0.39 is 18.7 Å². The van der Waals surface area contributed by atoms with Gasteiger partial charge in [0.05, 0.1) is 59.3 Å². The molecule has 8 nitrogen and oxygen atoms in total. The number of aliphatic hydroxyl groups excluding tert-OH is 2. The Balaban J connectivity index is 3.09. The zero-order chi connectivity index (χ0) is 26.4. The van der Waals surface area contributed by atoms with Crippen molar-refractivity contribution in [1.82, 2.24) is 0 Å². The summed E-state index contributed by atoms with van der Waals surface area (Å²) in [4.78, 5) is 11.3. The first-order chi connectivity index (χ1) is 17.7. The monoisotopic (exact) mass is 520 g/mol. The standard InChI is InChI=1S/C28H56O8/c1-2-3-4-5-6-7-8-9-10-11-12-13-14-15-17-32-19-21-34-23-24-35-22-20-33-18-16-28(31)36-26-27(30)25-29/h27,29-30H,2-26H2,1H3. The van der Waals surface area contributed by atoms with E-state index in [4.69, 9.17) is 33.9 Å². The summed E-state index contributed by atoms with van der Waals surface area (Å²) in [5.74, 6) is -0.469. The van der Waals surface area contributed by atoms with Crippen LogP contribution in [-0.4, -0.2) is 88.4 Å². The summed E-state index contributed by atoms with van der Waals surface area (Å²) < 4.78 is 26.6. The van der Waals surface area contributed by atoms with Crippen LogP contribution in [0.3, 0.4) is 0 Å². The topological polar surface area (TPSA) is 104 Å². The van der Waals surface area contributed by atoms with Crippen LogP contribution in [-0.2, 0) is 28.5 Å². The van der Waals surface area contributed by atoms with Gasteiger partial charge in [0.15, 0.2) is 0 Å². The fraction of sp³-hybridized carbons (Fsp3) is 0.964. The molecular weight excluding hydrogens is 464 g/mol. The van der Waals surface area contributed by atoms with Gasteiger partial charge in [0, 0.05) is 6.61 Å². The van der Waals surface area contributed by atoms with Crippen LogP contribution in [0.2, 0.25) is 0 Å². The second-order valence-electron chi connectivity index (χ2n) is 9.32. The Morgan fingerprint density at radius 3 is 1.42 bits per heavy atom. The zero-order valence-corrected chi connectivity index (χ0v) is 23.1. The molecule has 0 saturated heterocycles. The Hall–Kier alpha value is -0.770. The molecule has 0 spiro atoms. The highest BCUT2D eigenvalue weighted by molar-refractivity contribution is 5.69. The smallest absolute Gasteiger partial charge is 0.308 e. The fourth-order valence-corrected chi connectivity index (χ4v) is 3.63. The summed E-state index contributed by atoms with van der Waals surface area (Å²) in [6.45, 7) is 5.68. The molecule has 0 amide bonds. The predicted molar refractivity (Wildman–Crippen MR) is 142 cm³/mol. The number of hydrogen-bond donors (Lipinski definition) is 2. The highest BCUT2D eigenvalue weighted by atomic mass is 16.6. The van der Waals surface area contributed by atoms with Crippen LogP contribution < -0.4 is 0 Å². The Kier molecular flexibility index (Phi) is 29.8. The molecule has 0 aromatic carbocycles. The van der Waals surface area contributed by atoms with Crippen molar-refractivity contribution in [1.29, 1.82) is 0 Å². The molecule has 0 bridgehead atoms. The normalized spacial score (nSPS) is 12.2. The third kappa shape index (κ3) is 29.5. The van der Waals surface area contributed by atoms with E-state index in [1.165, 1.54) is 83.5 Å². The molecule has 36 heavy (non-hydrogen) atoms. The maximum atomic E-state index is 11.3. The Morgan fingerprint density at radius 1 is 0.583 bits per heavy atom. The molecule has 0 aromatic heterocycles. The molecule has 8 heteroatoms. The second-order valence-corrected chi connectivity index (χ2v) is 9.32. The van der Waals surface area contributed by atoms with E-state index in [9.17, 15) is 4.79 Å². The van der Waals surface area contributed by atoms with Gasteiger partial charge in [-0.25, -0.2) is 0 Å². The first kappa shape index (κ1) is 35.2.